The third kappa shape index (κ3) is 5.37. The number of hydrogen-bond acceptors (Lipinski definition) is 2. The second-order valence-electron chi connectivity index (χ2n) is 6.18. The molecule has 1 saturated carbocycles. The Labute approximate surface area is 167 Å². The average Bonchev–Trinajstić information content (AvgIpc) is 3.03. The van der Waals surface area contributed by atoms with E-state index in [0.717, 1.165) is 29.7 Å². The van der Waals surface area contributed by atoms with E-state index in [1.807, 2.05) is 42.5 Å². The number of aromatic hydroxyl groups is 1. The molecule has 2 aromatic carbocycles. The van der Waals surface area contributed by atoms with Gasteiger partial charge in [-0.05, 0) is 36.5 Å². The molecule has 0 heterocycles. The molecule has 24 heavy (non-hydrogen) atoms. The molecule has 0 bridgehead atoms. The number of rotatable bonds is 3. The molecule has 0 aromatic heterocycles. The van der Waals surface area contributed by atoms with E-state index in [2.05, 4.69) is 42.4 Å². The monoisotopic (exact) mass is 527 g/mol. The summed E-state index contributed by atoms with van der Waals surface area (Å²) in [5, 5.41) is 10.6. The number of phenols is 1. The van der Waals surface area contributed by atoms with E-state index < -0.39 is 0 Å². The molecule has 0 aliphatic heterocycles. The molecule has 0 spiro atoms. The molecule has 1 fully saturated rings. The zero-order valence-electron chi connectivity index (χ0n) is 13.7. The van der Waals surface area contributed by atoms with Crippen molar-refractivity contribution in [1.82, 2.24) is 0 Å². The van der Waals surface area contributed by atoms with Gasteiger partial charge >= 0.3 is 43.0 Å². The predicted octanol–water partition coefficient (Wildman–Crippen LogP) is 6.66. The topological polar surface area (TPSA) is 32.6 Å². The minimum atomic E-state index is -0.145. The molecule has 0 amide bonds. The Kier molecular flexibility index (Phi) is 8.39. The molecule has 1 N–H and O–H groups in total. The van der Waals surface area contributed by atoms with Crippen molar-refractivity contribution in [3.63, 3.8) is 0 Å². The number of phenolic OH excluding ortho intramolecular Hbond substituents is 1. The van der Waals surface area contributed by atoms with Crippen LogP contribution >= 0.6 is 24.4 Å². The summed E-state index contributed by atoms with van der Waals surface area (Å²) in [7, 11) is 0. The summed E-state index contributed by atoms with van der Waals surface area (Å²) in [5.74, 6) is 0.390. The van der Waals surface area contributed by atoms with Crippen LogP contribution in [0, 0.1) is 0 Å². The molecule has 2 nitrogen and oxygen atoms in total. The van der Waals surface area contributed by atoms with Crippen LogP contribution in [-0.4, -0.2) is 11.3 Å². The number of hydrogen-bond donors (Lipinski definition) is 1. The average molecular weight is 530 g/mol. The van der Waals surface area contributed by atoms with Gasteiger partial charge in [0, 0.05) is 17.3 Å². The zero-order chi connectivity index (χ0) is 17.4. The summed E-state index contributed by atoms with van der Waals surface area (Å²) in [5.41, 5.74) is 2.87. The minimum absolute atomic E-state index is 0.112. The van der Waals surface area contributed by atoms with E-state index >= 15 is 0 Å². The van der Waals surface area contributed by atoms with Crippen molar-refractivity contribution in [2.45, 2.75) is 38.0 Å². The van der Waals surface area contributed by atoms with E-state index in [9.17, 15) is 5.11 Å². The van der Waals surface area contributed by atoms with Gasteiger partial charge < -0.3 is 5.11 Å². The first-order valence-electron chi connectivity index (χ1n) is 7.98. The SMILES string of the molecule is CC1(c2cccc(C=Nc3ccccc3)c2O)CCCC1.[Br][Zr][Br]. The molecule has 0 saturated heterocycles. The molecular weight excluding hydrogens is 509 g/mol. The maximum absolute atomic E-state index is 10.6. The van der Waals surface area contributed by atoms with Crippen LogP contribution in [0.1, 0.15) is 43.7 Å². The molecule has 0 atom stereocenters. The third-order valence-electron chi connectivity index (χ3n) is 4.53. The molecule has 1 aliphatic carbocycles. The Balaban J connectivity index is 0.000000647. The van der Waals surface area contributed by atoms with Crippen molar-refractivity contribution in [2.24, 2.45) is 4.99 Å². The molecule has 3 rings (SSSR count). The summed E-state index contributed by atoms with van der Waals surface area (Å²) in [6.07, 6.45) is 6.56. The van der Waals surface area contributed by atoms with Crippen LogP contribution in [0.2, 0.25) is 0 Å². The van der Waals surface area contributed by atoms with Crippen molar-refractivity contribution in [3.8, 4) is 5.75 Å². The molecule has 0 unspecified atom stereocenters. The summed E-state index contributed by atoms with van der Waals surface area (Å²) in [4.78, 5) is 4.44. The van der Waals surface area contributed by atoms with Gasteiger partial charge in [-0.25, -0.2) is 0 Å². The van der Waals surface area contributed by atoms with Gasteiger partial charge in [0.25, 0.3) is 0 Å². The Hall–Kier alpha value is -0.247. The van der Waals surface area contributed by atoms with Gasteiger partial charge in [0.2, 0.25) is 0 Å². The first-order chi connectivity index (χ1) is 11.6. The van der Waals surface area contributed by atoms with Crippen LogP contribution in [0.15, 0.2) is 53.5 Å². The number of benzene rings is 2. The second-order valence-corrected chi connectivity index (χ2v) is 17.5. The van der Waals surface area contributed by atoms with Crippen molar-refractivity contribution in [1.29, 1.82) is 0 Å². The van der Waals surface area contributed by atoms with Crippen LogP contribution in [0.25, 0.3) is 0 Å². The molecular formula is C19H21Br2NOZr. The standard InChI is InChI=1S/C19H21NO.2BrH.Zr/c1-19(12-5-6-13-19)17-11-7-8-15(18(17)21)14-20-16-9-3-2-4-10-16;;;/h2-4,7-11,14,21H,5-6,12-13H2,1H3;2*1H;/q;;;+2/p-2. The van der Waals surface area contributed by atoms with Gasteiger partial charge in [-0.2, -0.15) is 0 Å². The van der Waals surface area contributed by atoms with Gasteiger partial charge in [0.05, 0.1) is 5.69 Å². The van der Waals surface area contributed by atoms with E-state index in [0.29, 0.717) is 5.75 Å². The molecule has 0 radical (unpaired) electrons. The quantitative estimate of drug-likeness (QED) is 0.443. The third-order valence-corrected chi connectivity index (χ3v) is 4.53. The van der Waals surface area contributed by atoms with E-state index in [1.165, 1.54) is 12.8 Å². The predicted molar refractivity (Wildman–Crippen MR) is 105 cm³/mol. The first kappa shape index (κ1) is 20.1. The Morgan fingerprint density at radius 1 is 1.04 bits per heavy atom. The number of halogens is 2. The number of aliphatic imine (C=N–C) groups is 1. The van der Waals surface area contributed by atoms with Gasteiger partial charge in [-0.1, -0.05) is 50.1 Å². The maximum atomic E-state index is 10.6. The first-order valence-corrected chi connectivity index (χ1v) is 19.2. The fourth-order valence-electron chi connectivity index (χ4n) is 3.24. The second kappa shape index (κ2) is 10.0. The van der Waals surface area contributed by atoms with Crippen molar-refractivity contribution in [3.05, 3.63) is 59.7 Å². The normalized spacial score (nSPS) is 15.8. The van der Waals surface area contributed by atoms with E-state index in [1.54, 1.807) is 6.21 Å². The Morgan fingerprint density at radius 3 is 2.29 bits per heavy atom. The van der Waals surface area contributed by atoms with E-state index in [-0.39, 0.29) is 24.0 Å². The molecule has 126 valence electrons. The van der Waals surface area contributed by atoms with Gasteiger partial charge in [-0.15, -0.1) is 0 Å². The molecule has 2 aromatic rings. The van der Waals surface area contributed by atoms with Crippen molar-refractivity contribution < 1.29 is 23.6 Å². The van der Waals surface area contributed by atoms with Crippen molar-refractivity contribution in [2.75, 3.05) is 0 Å². The summed E-state index contributed by atoms with van der Waals surface area (Å²) >= 11 is 6.32. The van der Waals surface area contributed by atoms with Crippen LogP contribution in [0.4, 0.5) is 5.69 Å². The van der Waals surface area contributed by atoms with Crippen LogP contribution in [-0.2, 0) is 24.0 Å². The van der Waals surface area contributed by atoms with Crippen LogP contribution < -0.4 is 0 Å². The summed E-state index contributed by atoms with van der Waals surface area (Å²) in [6.45, 7) is 2.26. The summed E-state index contributed by atoms with van der Waals surface area (Å²) in [6, 6.07) is 15.8. The molecule has 1 aliphatic rings. The van der Waals surface area contributed by atoms with Crippen molar-refractivity contribution >= 4 is 36.3 Å². The Morgan fingerprint density at radius 2 is 1.67 bits per heavy atom. The van der Waals surface area contributed by atoms with Gasteiger partial charge in [-0.3, -0.25) is 4.99 Å². The Bertz CT molecular complexity index is 670. The summed E-state index contributed by atoms with van der Waals surface area (Å²) < 4.78 is 0. The van der Waals surface area contributed by atoms with Crippen LogP contribution in [0.5, 0.6) is 5.75 Å². The fraction of sp³-hybridized carbons (Fsp3) is 0.316. The molecule has 5 heteroatoms. The van der Waals surface area contributed by atoms with E-state index in [4.69, 9.17) is 0 Å². The van der Waals surface area contributed by atoms with Gasteiger partial charge in [0.15, 0.2) is 0 Å². The number of nitrogens with zero attached hydrogens (tertiary/aromatic N) is 1. The number of para-hydroxylation sites is 2. The zero-order valence-corrected chi connectivity index (χ0v) is 19.3. The van der Waals surface area contributed by atoms with Crippen LogP contribution in [0.3, 0.4) is 0 Å². The fourth-order valence-corrected chi connectivity index (χ4v) is 3.24. The van der Waals surface area contributed by atoms with Gasteiger partial charge in [0.1, 0.15) is 5.75 Å².